The Kier molecular flexibility index (Phi) is 8.16. The lowest BCUT2D eigenvalue weighted by Gasteiger charge is -2.18. The first kappa shape index (κ1) is 21.6. The molecular formula is C22H26Cl3NO2. The molecule has 0 radical (unpaired) electrons. The molecule has 28 heavy (non-hydrogen) atoms. The van der Waals surface area contributed by atoms with Gasteiger partial charge in [-0.15, -0.1) is 0 Å². The highest BCUT2D eigenvalue weighted by atomic mass is 35.5. The lowest BCUT2D eigenvalue weighted by Crippen LogP contribution is -2.28. The van der Waals surface area contributed by atoms with Gasteiger partial charge in [0.1, 0.15) is 6.61 Å². The molecule has 0 bridgehead atoms. The van der Waals surface area contributed by atoms with Crippen LogP contribution in [0, 0.1) is 0 Å². The van der Waals surface area contributed by atoms with Crippen LogP contribution in [-0.2, 0) is 13.2 Å². The Morgan fingerprint density at radius 2 is 1.64 bits per heavy atom. The van der Waals surface area contributed by atoms with E-state index in [2.05, 4.69) is 5.32 Å². The summed E-state index contributed by atoms with van der Waals surface area (Å²) in [5.74, 6) is 1.28. The van der Waals surface area contributed by atoms with Crippen LogP contribution in [0.5, 0.6) is 11.5 Å². The quantitative estimate of drug-likeness (QED) is 0.466. The van der Waals surface area contributed by atoms with Gasteiger partial charge in [0.25, 0.3) is 0 Å². The maximum atomic E-state index is 6.52. The normalized spacial score (nSPS) is 15.3. The fraction of sp³-hybridized carbons (Fsp3) is 0.455. The van der Waals surface area contributed by atoms with Gasteiger partial charge in [0.15, 0.2) is 11.5 Å². The van der Waals surface area contributed by atoms with Gasteiger partial charge in [-0.3, -0.25) is 0 Å². The van der Waals surface area contributed by atoms with Gasteiger partial charge in [-0.2, -0.15) is 0 Å². The van der Waals surface area contributed by atoms with Gasteiger partial charge in [0, 0.05) is 23.7 Å². The van der Waals surface area contributed by atoms with E-state index in [0.717, 1.165) is 17.7 Å². The number of methoxy groups -OCH3 is 1. The minimum absolute atomic E-state index is 0.350. The molecule has 1 saturated carbocycles. The van der Waals surface area contributed by atoms with E-state index in [-0.39, 0.29) is 0 Å². The molecule has 2 aromatic carbocycles. The van der Waals surface area contributed by atoms with Gasteiger partial charge in [0.05, 0.1) is 17.2 Å². The van der Waals surface area contributed by atoms with Gasteiger partial charge in [0.2, 0.25) is 0 Å². The number of halogens is 3. The van der Waals surface area contributed by atoms with Crippen molar-refractivity contribution in [2.75, 3.05) is 7.11 Å². The summed E-state index contributed by atoms with van der Waals surface area (Å²) < 4.78 is 11.4. The molecular weight excluding hydrogens is 417 g/mol. The summed E-state index contributed by atoms with van der Waals surface area (Å²) in [4.78, 5) is 0. The van der Waals surface area contributed by atoms with Crippen LogP contribution >= 0.6 is 34.8 Å². The highest BCUT2D eigenvalue weighted by Crippen LogP contribution is 2.34. The minimum atomic E-state index is 0.350. The highest BCUT2D eigenvalue weighted by molar-refractivity contribution is 6.42. The molecule has 1 aliphatic rings. The van der Waals surface area contributed by atoms with Crippen LogP contribution in [-0.4, -0.2) is 13.2 Å². The zero-order valence-corrected chi connectivity index (χ0v) is 18.3. The Hall–Kier alpha value is -1.13. The minimum Gasteiger partial charge on any atom is -0.493 e. The summed E-state index contributed by atoms with van der Waals surface area (Å²) in [6.45, 7) is 1.08. The Balaban J connectivity index is 1.65. The van der Waals surface area contributed by atoms with E-state index in [1.54, 1.807) is 19.2 Å². The van der Waals surface area contributed by atoms with E-state index in [1.165, 1.54) is 38.5 Å². The maximum Gasteiger partial charge on any atom is 0.163 e. The maximum absolute atomic E-state index is 6.52. The molecule has 2 aromatic rings. The molecule has 0 aliphatic heterocycles. The zero-order valence-electron chi connectivity index (χ0n) is 16.1. The number of rotatable bonds is 7. The van der Waals surface area contributed by atoms with Gasteiger partial charge in [-0.25, -0.2) is 0 Å². The molecule has 152 valence electrons. The van der Waals surface area contributed by atoms with E-state index in [0.29, 0.717) is 39.2 Å². The third-order valence-corrected chi connectivity index (χ3v) is 6.24. The van der Waals surface area contributed by atoms with Crippen LogP contribution in [0.2, 0.25) is 15.1 Å². The van der Waals surface area contributed by atoms with E-state index < -0.39 is 0 Å². The molecule has 1 N–H and O–H groups in total. The first-order valence-corrected chi connectivity index (χ1v) is 10.9. The fourth-order valence-corrected chi connectivity index (χ4v) is 4.05. The molecule has 0 heterocycles. The second kappa shape index (κ2) is 10.6. The van der Waals surface area contributed by atoms with Crippen molar-refractivity contribution in [3.05, 3.63) is 56.5 Å². The average molecular weight is 443 g/mol. The monoisotopic (exact) mass is 441 g/mol. The Bertz CT molecular complexity index is 790. The van der Waals surface area contributed by atoms with Crippen molar-refractivity contribution < 1.29 is 9.47 Å². The van der Waals surface area contributed by atoms with Crippen molar-refractivity contribution in [3.8, 4) is 11.5 Å². The summed E-state index contributed by atoms with van der Waals surface area (Å²) in [6.07, 6.45) is 7.76. The van der Waals surface area contributed by atoms with Crippen molar-refractivity contribution in [1.82, 2.24) is 5.32 Å². The SMILES string of the molecule is COc1cc(CNC2CCCCCC2)c(Cl)cc1OCc1ccc(Cl)c(Cl)c1. The first-order chi connectivity index (χ1) is 13.6. The van der Waals surface area contributed by atoms with Crippen molar-refractivity contribution in [2.45, 2.75) is 57.7 Å². The van der Waals surface area contributed by atoms with Crippen LogP contribution in [0.1, 0.15) is 49.7 Å². The molecule has 3 nitrogen and oxygen atoms in total. The van der Waals surface area contributed by atoms with E-state index in [9.17, 15) is 0 Å². The van der Waals surface area contributed by atoms with E-state index in [1.807, 2.05) is 18.2 Å². The largest absolute Gasteiger partial charge is 0.493 e. The Morgan fingerprint density at radius 1 is 0.893 bits per heavy atom. The molecule has 0 amide bonds. The summed E-state index contributed by atoms with van der Waals surface area (Å²) >= 11 is 18.6. The molecule has 0 spiro atoms. The second-order valence-corrected chi connectivity index (χ2v) is 8.42. The average Bonchev–Trinajstić information content (AvgIpc) is 2.97. The predicted octanol–water partition coefficient (Wildman–Crippen LogP) is 7.05. The smallest absolute Gasteiger partial charge is 0.163 e. The Labute approximate surface area is 182 Å². The lowest BCUT2D eigenvalue weighted by molar-refractivity contribution is 0.284. The molecule has 0 unspecified atom stereocenters. The Morgan fingerprint density at radius 3 is 2.32 bits per heavy atom. The van der Waals surface area contributed by atoms with Crippen molar-refractivity contribution in [2.24, 2.45) is 0 Å². The molecule has 1 aliphatic carbocycles. The van der Waals surface area contributed by atoms with Gasteiger partial charge in [-0.1, -0.05) is 66.6 Å². The topological polar surface area (TPSA) is 30.5 Å². The number of hydrogen-bond donors (Lipinski definition) is 1. The van der Waals surface area contributed by atoms with Gasteiger partial charge in [-0.05, 0) is 42.2 Å². The van der Waals surface area contributed by atoms with Gasteiger partial charge < -0.3 is 14.8 Å². The van der Waals surface area contributed by atoms with E-state index >= 15 is 0 Å². The summed E-state index contributed by atoms with van der Waals surface area (Å²) in [7, 11) is 1.64. The summed E-state index contributed by atoms with van der Waals surface area (Å²) in [5.41, 5.74) is 1.94. The predicted molar refractivity (Wildman–Crippen MR) is 117 cm³/mol. The summed E-state index contributed by atoms with van der Waals surface area (Å²) in [5, 5.41) is 5.35. The van der Waals surface area contributed by atoms with Gasteiger partial charge >= 0.3 is 0 Å². The zero-order chi connectivity index (χ0) is 19.9. The fourth-order valence-electron chi connectivity index (χ4n) is 3.51. The van der Waals surface area contributed by atoms with Crippen LogP contribution in [0.4, 0.5) is 0 Å². The number of hydrogen-bond acceptors (Lipinski definition) is 3. The lowest BCUT2D eigenvalue weighted by atomic mass is 10.1. The third-order valence-electron chi connectivity index (χ3n) is 5.15. The van der Waals surface area contributed by atoms with Crippen LogP contribution in [0.25, 0.3) is 0 Å². The summed E-state index contributed by atoms with van der Waals surface area (Å²) in [6, 6.07) is 9.78. The first-order valence-electron chi connectivity index (χ1n) is 9.73. The highest BCUT2D eigenvalue weighted by Gasteiger charge is 2.15. The third kappa shape index (κ3) is 5.93. The molecule has 1 fully saturated rings. The van der Waals surface area contributed by atoms with Crippen molar-refractivity contribution in [1.29, 1.82) is 0 Å². The van der Waals surface area contributed by atoms with Crippen molar-refractivity contribution >= 4 is 34.8 Å². The molecule has 3 rings (SSSR count). The number of ether oxygens (including phenoxy) is 2. The number of benzene rings is 2. The molecule has 0 aromatic heterocycles. The molecule has 0 saturated heterocycles. The van der Waals surface area contributed by atoms with E-state index in [4.69, 9.17) is 44.3 Å². The molecule has 0 atom stereocenters. The van der Waals surface area contributed by atoms with Crippen LogP contribution < -0.4 is 14.8 Å². The van der Waals surface area contributed by atoms with Crippen molar-refractivity contribution in [3.63, 3.8) is 0 Å². The van der Waals surface area contributed by atoms with Crippen LogP contribution in [0.3, 0.4) is 0 Å². The number of nitrogens with one attached hydrogen (secondary N) is 1. The standard InChI is InChI=1S/C22H26Cl3NO2/c1-27-21-11-16(13-26-17-6-4-2-3-5-7-17)19(24)12-22(21)28-14-15-8-9-18(23)20(25)10-15/h8-12,17,26H,2-7,13-14H2,1H3. The second-order valence-electron chi connectivity index (χ2n) is 7.20. The van der Waals surface area contributed by atoms with Crippen LogP contribution in [0.15, 0.2) is 30.3 Å². The molecule has 6 heteroatoms.